The van der Waals surface area contributed by atoms with Gasteiger partial charge in [0.15, 0.2) is 5.82 Å². The third-order valence-electron chi connectivity index (χ3n) is 3.96. The largest absolute Gasteiger partial charge is 0.378 e. The molecule has 2 aromatic rings. The van der Waals surface area contributed by atoms with Crippen LogP contribution < -0.4 is 10.6 Å². The second kappa shape index (κ2) is 7.92. The molecule has 7 heteroatoms. The average molecular weight is 329 g/mol. The summed E-state index contributed by atoms with van der Waals surface area (Å²) in [5, 5.41) is 13.1. The molecule has 1 aromatic carbocycles. The normalized spacial score (nSPS) is 17.0. The van der Waals surface area contributed by atoms with E-state index >= 15 is 0 Å². The summed E-state index contributed by atoms with van der Waals surface area (Å²) in [4.78, 5) is 16.3. The summed E-state index contributed by atoms with van der Waals surface area (Å²) < 4.78 is 5.48. The number of aromatic amines is 1. The molecule has 1 aliphatic rings. The standard InChI is InChI=1S/C17H23N5O2/c1-12-4-6-13(7-5-12)18-11-16-20-15(21-22-16)9-17(23)19-10-14-3-2-8-24-14/h4-7,14,18H,2-3,8-11H2,1H3,(H,19,23)(H,20,21,22). The van der Waals surface area contributed by atoms with Crippen molar-refractivity contribution in [2.75, 3.05) is 18.5 Å². The molecule has 0 aliphatic carbocycles. The predicted octanol–water partition coefficient (Wildman–Crippen LogP) is 1.56. The molecule has 3 N–H and O–H groups in total. The summed E-state index contributed by atoms with van der Waals surface area (Å²) in [5.74, 6) is 1.13. The zero-order chi connectivity index (χ0) is 16.8. The first kappa shape index (κ1) is 16.4. The van der Waals surface area contributed by atoms with E-state index in [0.717, 1.165) is 25.1 Å². The molecule has 0 saturated carbocycles. The monoisotopic (exact) mass is 329 g/mol. The van der Waals surface area contributed by atoms with Crippen molar-refractivity contribution in [3.05, 3.63) is 41.5 Å². The van der Waals surface area contributed by atoms with E-state index in [-0.39, 0.29) is 18.4 Å². The van der Waals surface area contributed by atoms with Crippen molar-refractivity contribution in [3.63, 3.8) is 0 Å². The fraction of sp³-hybridized carbons (Fsp3) is 0.471. The van der Waals surface area contributed by atoms with E-state index in [4.69, 9.17) is 4.74 Å². The summed E-state index contributed by atoms with van der Waals surface area (Å²) in [6.45, 7) is 3.94. The van der Waals surface area contributed by atoms with Gasteiger partial charge in [0.05, 0.1) is 19.1 Å². The van der Waals surface area contributed by atoms with Gasteiger partial charge in [-0.25, -0.2) is 4.98 Å². The number of aryl methyl sites for hydroxylation is 1. The van der Waals surface area contributed by atoms with Crippen LogP contribution in [0.3, 0.4) is 0 Å². The van der Waals surface area contributed by atoms with Crippen LogP contribution in [-0.2, 0) is 22.5 Å². The van der Waals surface area contributed by atoms with Crippen molar-refractivity contribution in [1.82, 2.24) is 20.5 Å². The Morgan fingerprint density at radius 1 is 1.38 bits per heavy atom. The number of ether oxygens (including phenoxy) is 1. The Morgan fingerprint density at radius 3 is 2.96 bits per heavy atom. The van der Waals surface area contributed by atoms with Crippen LogP contribution in [-0.4, -0.2) is 40.3 Å². The quantitative estimate of drug-likeness (QED) is 0.717. The van der Waals surface area contributed by atoms with E-state index < -0.39 is 0 Å². The van der Waals surface area contributed by atoms with Gasteiger partial charge in [-0.05, 0) is 31.9 Å². The maximum atomic E-state index is 11.9. The van der Waals surface area contributed by atoms with Crippen LogP contribution in [0.2, 0.25) is 0 Å². The summed E-state index contributed by atoms with van der Waals surface area (Å²) in [6.07, 6.45) is 2.40. The molecular weight excluding hydrogens is 306 g/mol. The highest BCUT2D eigenvalue weighted by molar-refractivity contribution is 5.77. The molecule has 1 unspecified atom stereocenters. The minimum absolute atomic E-state index is 0.0810. The Balaban J connectivity index is 1.42. The highest BCUT2D eigenvalue weighted by atomic mass is 16.5. The summed E-state index contributed by atoms with van der Waals surface area (Å²) in [7, 11) is 0. The fourth-order valence-electron chi connectivity index (χ4n) is 2.59. The maximum Gasteiger partial charge on any atom is 0.227 e. The maximum absolute atomic E-state index is 11.9. The third-order valence-corrected chi connectivity index (χ3v) is 3.96. The van der Waals surface area contributed by atoms with Gasteiger partial charge in [-0.1, -0.05) is 17.7 Å². The van der Waals surface area contributed by atoms with E-state index in [1.165, 1.54) is 5.56 Å². The number of amides is 1. The Hall–Kier alpha value is -2.41. The topological polar surface area (TPSA) is 91.9 Å². The van der Waals surface area contributed by atoms with Gasteiger partial charge in [0.1, 0.15) is 5.82 Å². The van der Waals surface area contributed by atoms with Gasteiger partial charge < -0.3 is 15.4 Å². The number of nitrogens with zero attached hydrogens (tertiary/aromatic N) is 2. The molecule has 0 radical (unpaired) electrons. The minimum atomic E-state index is -0.0810. The lowest BCUT2D eigenvalue weighted by molar-refractivity contribution is -0.121. The van der Waals surface area contributed by atoms with Crippen LogP contribution in [0.25, 0.3) is 0 Å². The van der Waals surface area contributed by atoms with Crippen LogP contribution in [0, 0.1) is 6.92 Å². The molecule has 128 valence electrons. The number of anilines is 1. The van der Waals surface area contributed by atoms with E-state index in [0.29, 0.717) is 24.7 Å². The summed E-state index contributed by atoms with van der Waals surface area (Å²) >= 11 is 0. The van der Waals surface area contributed by atoms with Gasteiger partial charge >= 0.3 is 0 Å². The van der Waals surface area contributed by atoms with E-state index in [1.807, 2.05) is 24.3 Å². The zero-order valence-electron chi connectivity index (χ0n) is 13.8. The first-order valence-corrected chi connectivity index (χ1v) is 8.28. The molecule has 1 saturated heterocycles. The summed E-state index contributed by atoms with van der Waals surface area (Å²) in [6, 6.07) is 8.13. The molecule has 0 spiro atoms. The second-order valence-electron chi connectivity index (χ2n) is 6.03. The molecule has 1 fully saturated rings. The number of carbonyl (C=O) groups is 1. The van der Waals surface area contributed by atoms with Crippen LogP contribution in [0.4, 0.5) is 5.69 Å². The van der Waals surface area contributed by atoms with Gasteiger partial charge in [0, 0.05) is 18.8 Å². The van der Waals surface area contributed by atoms with E-state index in [9.17, 15) is 4.79 Å². The Labute approximate surface area is 141 Å². The number of benzene rings is 1. The molecule has 7 nitrogen and oxygen atoms in total. The van der Waals surface area contributed by atoms with Crippen molar-refractivity contribution < 1.29 is 9.53 Å². The van der Waals surface area contributed by atoms with Gasteiger partial charge in [-0.15, -0.1) is 0 Å². The SMILES string of the molecule is Cc1ccc(NCc2nc(CC(=O)NCC3CCCO3)n[nH]2)cc1. The second-order valence-corrected chi connectivity index (χ2v) is 6.03. The predicted molar refractivity (Wildman–Crippen MR) is 90.6 cm³/mol. The molecule has 1 aromatic heterocycles. The van der Waals surface area contributed by atoms with Gasteiger partial charge in [-0.3, -0.25) is 9.89 Å². The van der Waals surface area contributed by atoms with Crippen molar-refractivity contribution in [2.45, 2.75) is 38.8 Å². The molecule has 1 amide bonds. The Morgan fingerprint density at radius 2 is 2.21 bits per heavy atom. The highest BCUT2D eigenvalue weighted by Crippen LogP contribution is 2.11. The van der Waals surface area contributed by atoms with Crippen LogP contribution in [0.5, 0.6) is 0 Å². The number of hydrogen-bond acceptors (Lipinski definition) is 5. The van der Waals surface area contributed by atoms with Crippen LogP contribution >= 0.6 is 0 Å². The fourth-order valence-corrected chi connectivity index (χ4v) is 2.59. The molecule has 1 aliphatic heterocycles. The molecule has 3 rings (SSSR count). The van der Waals surface area contributed by atoms with Crippen molar-refractivity contribution >= 4 is 11.6 Å². The van der Waals surface area contributed by atoms with Crippen LogP contribution in [0.15, 0.2) is 24.3 Å². The molecule has 0 bridgehead atoms. The molecule has 2 heterocycles. The number of hydrogen-bond donors (Lipinski definition) is 3. The number of rotatable bonds is 7. The van der Waals surface area contributed by atoms with Crippen molar-refractivity contribution in [1.29, 1.82) is 0 Å². The first-order chi connectivity index (χ1) is 11.7. The third kappa shape index (κ3) is 4.79. The number of aromatic nitrogens is 3. The smallest absolute Gasteiger partial charge is 0.227 e. The summed E-state index contributed by atoms with van der Waals surface area (Å²) in [5.41, 5.74) is 2.24. The Bertz CT molecular complexity index is 662. The lowest BCUT2D eigenvalue weighted by atomic mass is 10.2. The molecule has 1 atom stereocenters. The highest BCUT2D eigenvalue weighted by Gasteiger charge is 2.16. The lowest BCUT2D eigenvalue weighted by Crippen LogP contribution is -2.33. The van der Waals surface area contributed by atoms with Crippen molar-refractivity contribution in [3.8, 4) is 0 Å². The molecule has 24 heavy (non-hydrogen) atoms. The van der Waals surface area contributed by atoms with E-state index in [1.54, 1.807) is 0 Å². The van der Waals surface area contributed by atoms with Gasteiger partial charge in [-0.2, -0.15) is 5.10 Å². The van der Waals surface area contributed by atoms with Gasteiger partial charge in [0.25, 0.3) is 0 Å². The average Bonchev–Trinajstić information content (AvgIpc) is 3.24. The van der Waals surface area contributed by atoms with Gasteiger partial charge in [0.2, 0.25) is 5.91 Å². The molecular formula is C17H23N5O2. The van der Waals surface area contributed by atoms with E-state index in [2.05, 4.69) is 32.7 Å². The lowest BCUT2D eigenvalue weighted by Gasteiger charge is -2.09. The number of carbonyl (C=O) groups excluding carboxylic acids is 1. The Kier molecular flexibility index (Phi) is 5.43. The zero-order valence-corrected chi connectivity index (χ0v) is 13.8. The number of nitrogens with one attached hydrogen (secondary N) is 3. The van der Waals surface area contributed by atoms with Crippen molar-refractivity contribution in [2.24, 2.45) is 0 Å². The van der Waals surface area contributed by atoms with Crippen LogP contribution in [0.1, 0.15) is 30.1 Å². The first-order valence-electron chi connectivity index (χ1n) is 8.28. The number of H-pyrrole nitrogens is 1. The minimum Gasteiger partial charge on any atom is -0.378 e.